The van der Waals surface area contributed by atoms with E-state index in [1.54, 1.807) is 12.1 Å². The smallest absolute Gasteiger partial charge is 0.229 e. The molecule has 1 aromatic carbocycles. The Morgan fingerprint density at radius 2 is 2.20 bits per heavy atom. The van der Waals surface area contributed by atoms with E-state index in [-0.39, 0.29) is 24.0 Å². The minimum Gasteiger partial charge on any atom is -0.352 e. The van der Waals surface area contributed by atoms with Gasteiger partial charge in [-0.2, -0.15) is 0 Å². The summed E-state index contributed by atoms with van der Waals surface area (Å²) < 4.78 is 24.8. The van der Waals surface area contributed by atoms with Crippen LogP contribution in [0.5, 0.6) is 0 Å². The maximum Gasteiger partial charge on any atom is 0.229 e. The zero-order chi connectivity index (χ0) is 13.9. The molecule has 1 heterocycles. The van der Waals surface area contributed by atoms with Crippen LogP contribution in [0.2, 0.25) is 0 Å². The van der Waals surface area contributed by atoms with Crippen LogP contribution in [0, 0.1) is 0 Å². The molecule has 8 heteroatoms. The number of hydrogen-bond acceptors (Lipinski definition) is 5. The fourth-order valence-electron chi connectivity index (χ4n) is 1.80. The third-order valence-corrected chi connectivity index (χ3v) is 3.20. The first-order valence-corrected chi connectivity index (χ1v) is 7.93. The Hall–Kier alpha value is -1.03. The van der Waals surface area contributed by atoms with Crippen LogP contribution in [0.3, 0.4) is 0 Å². The molecule has 6 nitrogen and oxygen atoms in total. The fourth-order valence-corrected chi connectivity index (χ4v) is 2.36. The number of rotatable bonds is 4. The molecule has 0 saturated heterocycles. The average Bonchev–Trinajstić information content (AvgIpc) is 2.71. The van der Waals surface area contributed by atoms with Gasteiger partial charge in [-0.25, -0.2) is 8.42 Å². The molecule has 0 saturated carbocycles. The Balaban J connectivity index is 0.00000200. The van der Waals surface area contributed by atoms with Crippen LogP contribution >= 0.6 is 24.0 Å². The molecule has 0 amide bonds. The summed E-state index contributed by atoms with van der Waals surface area (Å²) in [5.74, 6) is 0.786. The molecule has 0 aromatic heterocycles. The van der Waals surface area contributed by atoms with Crippen molar-refractivity contribution in [2.24, 2.45) is 4.99 Å². The normalized spacial score (nSPS) is 17.7. The lowest BCUT2D eigenvalue weighted by molar-refractivity contribution is 0.607. The summed E-state index contributed by atoms with van der Waals surface area (Å²) in [5.41, 5.74) is 1.55. The summed E-state index contributed by atoms with van der Waals surface area (Å²) in [6.45, 7) is 3.44. The number of halogens is 1. The molecular formula is C12H19IN4O2S. The Bertz CT molecular complexity index is 589. The number of sulfonamides is 1. The van der Waals surface area contributed by atoms with Crippen molar-refractivity contribution in [3.05, 3.63) is 29.8 Å². The van der Waals surface area contributed by atoms with Crippen molar-refractivity contribution >= 4 is 45.6 Å². The monoisotopic (exact) mass is 410 g/mol. The van der Waals surface area contributed by atoms with Crippen molar-refractivity contribution in [1.29, 1.82) is 0 Å². The van der Waals surface area contributed by atoms with Crippen molar-refractivity contribution in [1.82, 2.24) is 10.6 Å². The van der Waals surface area contributed by atoms with Crippen LogP contribution in [0.25, 0.3) is 0 Å². The minimum atomic E-state index is -3.24. The second kappa shape index (κ2) is 7.11. The summed E-state index contributed by atoms with van der Waals surface area (Å²) >= 11 is 0. The molecule has 0 bridgehead atoms. The number of guanidine groups is 1. The van der Waals surface area contributed by atoms with E-state index < -0.39 is 10.0 Å². The number of benzene rings is 1. The molecule has 20 heavy (non-hydrogen) atoms. The fraction of sp³-hybridized carbons (Fsp3) is 0.417. The van der Waals surface area contributed by atoms with Crippen molar-refractivity contribution in [2.45, 2.75) is 19.5 Å². The molecule has 1 atom stereocenters. The molecule has 3 N–H and O–H groups in total. The van der Waals surface area contributed by atoms with Gasteiger partial charge in [-0.15, -0.1) is 24.0 Å². The number of nitrogens with zero attached hydrogens (tertiary/aromatic N) is 1. The van der Waals surface area contributed by atoms with Gasteiger partial charge < -0.3 is 10.6 Å². The van der Waals surface area contributed by atoms with Gasteiger partial charge in [0, 0.05) is 18.3 Å². The van der Waals surface area contributed by atoms with Crippen molar-refractivity contribution in [2.75, 3.05) is 17.5 Å². The van der Waals surface area contributed by atoms with Crippen molar-refractivity contribution < 1.29 is 8.42 Å². The van der Waals surface area contributed by atoms with E-state index in [4.69, 9.17) is 0 Å². The maximum atomic E-state index is 11.2. The first-order valence-electron chi connectivity index (χ1n) is 6.04. The SMILES string of the molecule is CC1CN=C(NCc2cccc(NS(C)(=O)=O)c2)N1.I. The molecule has 2 rings (SSSR count). The number of aliphatic imine (C=N–C) groups is 1. The third kappa shape index (κ3) is 5.53. The Kier molecular flexibility index (Phi) is 6.06. The van der Waals surface area contributed by atoms with Crippen LogP contribution < -0.4 is 15.4 Å². The Morgan fingerprint density at radius 3 is 2.80 bits per heavy atom. The van der Waals surface area contributed by atoms with Gasteiger partial charge in [-0.05, 0) is 24.6 Å². The van der Waals surface area contributed by atoms with Gasteiger partial charge in [0.25, 0.3) is 0 Å². The van der Waals surface area contributed by atoms with E-state index in [2.05, 4.69) is 27.3 Å². The molecule has 112 valence electrons. The highest BCUT2D eigenvalue weighted by Crippen LogP contribution is 2.11. The lowest BCUT2D eigenvalue weighted by atomic mass is 10.2. The lowest BCUT2D eigenvalue weighted by Crippen LogP contribution is -2.37. The second-order valence-corrected chi connectivity index (χ2v) is 6.41. The molecule has 1 aromatic rings. The molecule has 0 radical (unpaired) electrons. The highest BCUT2D eigenvalue weighted by Gasteiger charge is 2.11. The second-order valence-electron chi connectivity index (χ2n) is 4.66. The van der Waals surface area contributed by atoms with Crippen molar-refractivity contribution in [3.63, 3.8) is 0 Å². The number of anilines is 1. The number of hydrogen-bond donors (Lipinski definition) is 3. The summed E-state index contributed by atoms with van der Waals surface area (Å²) in [7, 11) is -3.24. The summed E-state index contributed by atoms with van der Waals surface area (Å²) in [4.78, 5) is 4.30. The van der Waals surface area contributed by atoms with Crippen molar-refractivity contribution in [3.8, 4) is 0 Å². The van der Waals surface area contributed by atoms with E-state index in [0.29, 0.717) is 18.3 Å². The lowest BCUT2D eigenvalue weighted by Gasteiger charge is -2.10. The Labute approximate surface area is 136 Å². The highest BCUT2D eigenvalue weighted by atomic mass is 127. The van der Waals surface area contributed by atoms with Gasteiger partial charge in [0.05, 0.1) is 12.8 Å². The maximum absolute atomic E-state index is 11.2. The zero-order valence-corrected chi connectivity index (χ0v) is 14.5. The topological polar surface area (TPSA) is 82.6 Å². The predicted molar refractivity (Wildman–Crippen MR) is 92.1 cm³/mol. The molecule has 0 aliphatic carbocycles. The van der Waals surface area contributed by atoms with E-state index in [0.717, 1.165) is 24.3 Å². The quantitative estimate of drug-likeness (QED) is 0.650. The van der Waals surface area contributed by atoms with Gasteiger partial charge in [-0.3, -0.25) is 9.71 Å². The highest BCUT2D eigenvalue weighted by molar-refractivity contribution is 14.0. The zero-order valence-electron chi connectivity index (χ0n) is 11.4. The van der Waals surface area contributed by atoms with Crippen LogP contribution in [-0.2, 0) is 16.6 Å². The standard InChI is InChI=1S/C12H18N4O2S.HI/c1-9-7-13-12(15-9)14-8-10-4-3-5-11(6-10)16-19(2,17)18;/h3-6,9,16H,7-8H2,1-2H3,(H2,13,14,15);1H. The summed E-state index contributed by atoms with van der Waals surface area (Å²) in [6.07, 6.45) is 1.14. The van der Waals surface area contributed by atoms with Crippen LogP contribution in [0.4, 0.5) is 5.69 Å². The molecule has 0 spiro atoms. The van der Waals surface area contributed by atoms with Crippen LogP contribution in [-0.4, -0.2) is 33.2 Å². The minimum absolute atomic E-state index is 0. The van der Waals surface area contributed by atoms with Gasteiger partial charge in [0.15, 0.2) is 5.96 Å². The van der Waals surface area contributed by atoms with Gasteiger partial charge >= 0.3 is 0 Å². The first kappa shape index (κ1) is 17.0. The van der Waals surface area contributed by atoms with Crippen LogP contribution in [0.15, 0.2) is 29.3 Å². The first-order chi connectivity index (χ1) is 8.92. The van der Waals surface area contributed by atoms with E-state index >= 15 is 0 Å². The number of nitrogens with one attached hydrogen (secondary N) is 3. The van der Waals surface area contributed by atoms with Gasteiger partial charge in [0.2, 0.25) is 10.0 Å². The van der Waals surface area contributed by atoms with Gasteiger partial charge in [-0.1, -0.05) is 12.1 Å². The molecule has 1 aliphatic rings. The Morgan fingerprint density at radius 1 is 1.45 bits per heavy atom. The van der Waals surface area contributed by atoms with E-state index in [1.807, 2.05) is 12.1 Å². The van der Waals surface area contributed by atoms with Gasteiger partial charge in [0.1, 0.15) is 0 Å². The van der Waals surface area contributed by atoms with Crippen LogP contribution in [0.1, 0.15) is 12.5 Å². The van der Waals surface area contributed by atoms with E-state index in [9.17, 15) is 8.42 Å². The molecule has 0 fully saturated rings. The van der Waals surface area contributed by atoms with E-state index in [1.165, 1.54) is 0 Å². The summed E-state index contributed by atoms with van der Waals surface area (Å²) in [5, 5.41) is 6.38. The predicted octanol–water partition coefficient (Wildman–Crippen LogP) is 1.11. The summed E-state index contributed by atoms with van der Waals surface area (Å²) in [6, 6.07) is 7.63. The molecular weight excluding hydrogens is 391 g/mol. The molecule has 1 aliphatic heterocycles. The molecule has 1 unspecified atom stereocenters. The average molecular weight is 410 g/mol. The third-order valence-electron chi connectivity index (χ3n) is 2.60. The largest absolute Gasteiger partial charge is 0.352 e.